The highest BCUT2D eigenvalue weighted by atomic mass is 16.6. The van der Waals surface area contributed by atoms with Gasteiger partial charge in [-0.15, -0.1) is 0 Å². The van der Waals surface area contributed by atoms with Gasteiger partial charge in [-0.05, 0) is 55.3 Å². The predicted molar refractivity (Wildman–Crippen MR) is 97.5 cm³/mol. The van der Waals surface area contributed by atoms with Gasteiger partial charge in [0.1, 0.15) is 11.7 Å². The Labute approximate surface area is 160 Å². The Kier molecular flexibility index (Phi) is 3.59. The zero-order chi connectivity index (χ0) is 19.4. The maximum Gasteiger partial charge on any atom is 0.309 e. The van der Waals surface area contributed by atoms with Crippen LogP contribution in [0.3, 0.4) is 0 Å². The van der Waals surface area contributed by atoms with Gasteiger partial charge in [-0.2, -0.15) is 0 Å². The zero-order valence-corrected chi connectivity index (χ0v) is 16.6. The van der Waals surface area contributed by atoms with Crippen LogP contribution in [0.5, 0.6) is 0 Å². The van der Waals surface area contributed by atoms with Crippen LogP contribution in [0.15, 0.2) is 0 Å². The molecule has 150 valence electrons. The molecule has 5 nitrogen and oxygen atoms in total. The molecule has 27 heavy (non-hydrogen) atoms. The average Bonchev–Trinajstić information content (AvgIpc) is 3.05. The number of fused-ring (bicyclic) bond motifs is 7. The molecule has 5 fully saturated rings. The fraction of sp³-hybridized carbons (Fsp3) is 0.909. The van der Waals surface area contributed by atoms with Gasteiger partial charge >= 0.3 is 5.97 Å². The van der Waals surface area contributed by atoms with Crippen LogP contribution in [0, 0.1) is 40.4 Å². The molecule has 0 radical (unpaired) electrons. The van der Waals surface area contributed by atoms with Crippen molar-refractivity contribution >= 4 is 11.8 Å². The molecule has 0 aromatic heterocycles. The van der Waals surface area contributed by atoms with Gasteiger partial charge < -0.3 is 14.9 Å². The standard InChI is InChI=1S/C22H32O5/c1-11-18-16(27-19(11)25)9-15-13-8-17(24)22(26)10-12(23)4-7-21(22,3)14(13)5-6-20(15,18)2/h11-16,18,23,26H,4-10H2,1-3H3/t11-,12-,13+,14-,15-,16-,18-,20-,21+,22-/m0/s1. The lowest BCUT2D eigenvalue weighted by Gasteiger charge is -2.62. The third kappa shape index (κ3) is 2.03. The summed E-state index contributed by atoms with van der Waals surface area (Å²) >= 11 is 0. The molecule has 4 aliphatic carbocycles. The highest BCUT2D eigenvalue weighted by Gasteiger charge is 2.70. The normalized spacial score (nSPS) is 59.5. The summed E-state index contributed by atoms with van der Waals surface area (Å²) in [5.74, 6) is 0.999. The lowest BCUT2D eigenvalue weighted by Crippen LogP contribution is -2.67. The number of carbonyl (C=O) groups is 2. The van der Waals surface area contributed by atoms with Crippen LogP contribution in [0.1, 0.15) is 65.7 Å². The van der Waals surface area contributed by atoms with Crippen LogP contribution < -0.4 is 0 Å². The second-order valence-electron chi connectivity index (χ2n) is 10.7. The van der Waals surface area contributed by atoms with E-state index in [4.69, 9.17) is 4.74 Å². The molecule has 5 aliphatic rings. The fourth-order valence-electron chi connectivity index (χ4n) is 8.46. The van der Waals surface area contributed by atoms with Crippen molar-refractivity contribution in [3.8, 4) is 0 Å². The molecular formula is C22H32O5. The van der Waals surface area contributed by atoms with Gasteiger partial charge in [0.15, 0.2) is 5.78 Å². The Balaban J connectivity index is 1.52. The number of ether oxygens (including phenoxy) is 1. The number of rotatable bonds is 0. The lowest BCUT2D eigenvalue weighted by molar-refractivity contribution is -0.213. The fourth-order valence-corrected chi connectivity index (χ4v) is 8.46. The minimum atomic E-state index is -1.38. The number of hydrogen-bond donors (Lipinski definition) is 2. The Hall–Kier alpha value is -0.940. The number of ketones is 1. The molecular weight excluding hydrogens is 344 g/mol. The van der Waals surface area contributed by atoms with Crippen molar-refractivity contribution in [1.82, 2.24) is 0 Å². The van der Waals surface area contributed by atoms with E-state index in [0.717, 1.165) is 19.3 Å². The first-order chi connectivity index (χ1) is 12.6. The molecule has 0 spiro atoms. The molecule has 0 amide bonds. The quantitative estimate of drug-likeness (QED) is 0.635. The highest BCUT2D eigenvalue weighted by molar-refractivity contribution is 5.89. The van der Waals surface area contributed by atoms with E-state index in [1.54, 1.807) is 0 Å². The molecule has 5 heteroatoms. The molecule has 0 bridgehead atoms. The van der Waals surface area contributed by atoms with Crippen LogP contribution in [0.2, 0.25) is 0 Å². The average molecular weight is 376 g/mol. The minimum absolute atomic E-state index is 0.00172. The van der Waals surface area contributed by atoms with Crippen molar-refractivity contribution in [2.75, 3.05) is 0 Å². The molecule has 4 saturated carbocycles. The van der Waals surface area contributed by atoms with Crippen molar-refractivity contribution in [3.05, 3.63) is 0 Å². The van der Waals surface area contributed by atoms with Crippen LogP contribution in [0.4, 0.5) is 0 Å². The van der Waals surface area contributed by atoms with Crippen molar-refractivity contribution in [2.45, 2.75) is 83.5 Å². The number of aliphatic hydroxyl groups is 2. The molecule has 1 heterocycles. The van der Waals surface area contributed by atoms with Crippen LogP contribution in [-0.2, 0) is 14.3 Å². The number of aliphatic hydroxyl groups excluding tert-OH is 1. The van der Waals surface area contributed by atoms with Crippen molar-refractivity contribution in [1.29, 1.82) is 0 Å². The van der Waals surface area contributed by atoms with E-state index in [2.05, 4.69) is 13.8 Å². The largest absolute Gasteiger partial charge is 0.462 e. The second-order valence-corrected chi connectivity index (χ2v) is 10.7. The number of esters is 1. The molecule has 0 aromatic rings. The summed E-state index contributed by atoms with van der Waals surface area (Å²) in [5.41, 5.74) is -1.79. The van der Waals surface area contributed by atoms with Crippen LogP contribution in [-0.4, -0.2) is 39.8 Å². The molecule has 0 aromatic carbocycles. The summed E-state index contributed by atoms with van der Waals surface area (Å²) < 4.78 is 5.72. The van der Waals surface area contributed by atoms with E-state index in [1.807, 2.05) is 6.92 Å². The molecule has 1 aliphatic heterocycles. The third-order valence-corrected chi connectivity index (χ3v) is 9.87. The van der Waals surface area contributed by atoms with E-state index in [-0.39, 0.29) is 47.4 Å². The first kappa shape index (κ1) is 18.1. The zero-order valence-electron chi connectivity index (χ0n) is 16.6. The Morgan fingerprint density at radius 1 is 1.11 bits per heavy atom. The van der Waals surface area contributed by atoms with E-state index in [0.29, 0.717) is 31.1 Å². The van der Waals surface area contributed by atoms with Gasteiger partial charge in [-0.1, -0.05) is 20.8 Å². The van der Waals surface area contributed by atoms with Gasteiger partial charge in [-0.3, -0.25) is 9.59 Å². The predicted octanol–water partition coefficient (Wildman–Crippen LogP) is 2.47. The summed E-state index contributed by atoms with van der Waals surface area (Å²) in [6, 6.07) is 0. The summed E-state index contributed by atoms with van der Waals surface area (Å²) in [5, 5.41) is 21.5. The minimum Gasteiger partial charge on any atom is -0.462 e. The van der Waals surface area contributed by atoms with E-state index < -0.39 is 17.1 Å². The van der Waals surface area contributed by atoms with Crippen molar-refractivity contribution in [3.63, 3.8) is 0 Å². The van der Waals surface area contributed by atoms with Gasteiger partial charge in [-0.25, -0.2) is 0 Å². The van der Waals surface area contributed by atoms with Crippen LogP contribution in [0.25, 0.3) is 0 Å². The third-order valence-electron chi connectivity index (χ3n) is 9.87. The first-order valence-corrected chi connectivity index (χ1v) is 10.8. The maximum atomic E-state index is 13.2. The number of carbonyl (C=O) groups excluding carboxylic acids is 2. The Bertz CT molecular complexity index is 705. The number of hydrogen-bond acceptors (Lipinski definition) is 5. The molecule has 2 N–H and O–H groups in total. The summed E-state index contributed by atoms with van der Waals surface area (Å²) in [6.07, 6.45) is 4.27. The second kappa shape index (κ2) is 5.35. The number of Topliss-reactive ketones (excluding diaryl/α,β-unsaturated/α-hetero) is 1. The van der Waals surface area contributed by atoms with E-state index in [1.165, 1.54) is 0 Å². The van der Waals surface area contributed by atoms with Gasteiger partial charge in [0.05, 0.1) is 12.0 Å². The monoisotopic (exact) mass is 376 g/mol. The highest BCUT2D eigenvalue weighted by Crippen LogP contribution is 2.69. The lowest BCUT2D eigenvalue weighted by atomic mass is 9.42. The first-order valence-electron chi connectivity index (χ1n) is 10.8. The summed E-state index contributed by atoms with van der Waals surface area (Å²) in [4.78, 5) is 25.3. The SMILES string of the molecule is C[C@@H]1C(=O)O[C@H]2C[C@H]3[C@@H]4CC(=O)[C@@]5(O)C[C@@H](O)CC[C@]5(C)[C@H]4CC[C@]3(C)[C@H]21. The van der Waals surface area contributed by atoms with Gasteiger partial charge in [0, 0.05) is 24.2 Å². The molecule has 10 atom stereocenters. The molecule has 1 saturated heterocycles. The maximum absolute atomic E-state index is 13.2. The summed E-state index contributed by atoms with van der Waals surface area (Å²) in [6.45, 7) is 6.41. The van der Waals surface area contributed by atoms with E-state index >= 15 is 0 Å². The Morgan fingerprint density at radius 3 is 2.59 bits per heavy atom. The van der Waals surface area contributed by atoms with Crippen molar-refractivity contribution < 1.29 is 24.5 Å². The smallest absolute Gasteiger partial charge is 0.309 e. The van der Waals surface area contributed by atoms with Gasteiger partial charge in [0.25, 0.3) is 0 Å². The Morgan fingerprint density at radius 2 is 1.85 bits per heavy atom. The van der Waals surface area contributed by atoms with Gasteiger partial charge in [0.2, 0.25) is 0 Å². The molecule has 5 rings (SSSR count). The van der Waals surface area contributed by atoms with Crippen LogP contribution >= 0.6 is 0 Å². The topological polar surface area (TPSA) is 83.8 Å². The van der Waals surface area contributed by atoms with Crippen molar-refractivity contribution in [2.24, 2.45) is 40.4 Å². The van der Waals surface area contributed by atoms with E-state index in [9.17, 15) is 19.8 Å². The summed E-state index contributed by atoms with van der Waals surface area (Å²) in [7, 11) is 0. The molecule has 0 unspecified atom stereocenters.